The smallest absolute Gasteiger partial charge is 0.462 e. The van der Waals surface area contributed by atoms with Crippen LogP contribution in [0.5, 0.6) is 0 Å². The molecule has 0 fully saturated rings. The molecule has 9 nitrogen and oxygen atoms in total. The van der Waals surface area contributed by atoms with Crippen molar-refractivity contribution in [2.75, 3.05) is 26.4 Å². The molecule has 0 aliphatic carbocycles. The zero-order valence-electron chi connectivity index (χ0n) is 60.9. The maximum absolute atomic E-state index is 12.8. The van der Waals surface area contributed by atoms with Gasteiger partial charge < -0.3 is 20.1 Å². The molecule has 0 aliphatic heterocycles. The average molecular weight is 1300 g/mol. The number of hydrogen-bond donors (Lipinski definition) is 2. The molecule has 0 aromatic carbocycles. The summed E-state index contributed by atoms with van der Waals surface area (Å²) in [4.78, 5) is 35.4. The summed E-state index contributed by atoms with van der Waals surface area (Å²) < 4.78 is 33.3. The van der Waals surface area contributed by atoms with Crippen molar-refractivity contribution in [3.8, 4) is 0 Å². The molecule has 91 heavy (non-hydrogen) atoms. The lowest BCUT2D eigenvalue weighted by molar-refractivity contribution is -0.161. The van der Waals surface area contributed by atoms with Crippen LogP contribution in [0.15, 0.2) is 36.5 Å². The van der Waals surface area contributed by atoms with E-state index >= 15 is 0 Å². The fourth-order valence-electron chi connectivity index (χ4n) is 12.5. The van der Waals surface area contributed by atoms with Crippen molar-refractivity contribution < 1.29 is 37.6 Å². The van der Waals surface area contributed by atoms with E-state index in [0.717, 1.165) is 38.5 Å². The van der Waals surface area contributed by atoms with E-state index in [-0.39, 0.29) is 38.6 Å². The number of nitrogens with two attached hydrogens (primary N) is 1. The predicted octanol–water partition coefficient (Wildman–Crippen LogP) is 27.0. The third kappa shape index (κ3) is 77.1. The Morgan fingerprint density at radius 2 is 0.571 bits per heavy atom. The first-order chi connectivity index (χ1) is 44.8. The normalized spacial score (nSPS) is 13.0. The summed E-state index contributed by atoms with van der Waals surface area (Å²) in [6, 6.07) is 0. The fraction of sp³-hybridized carbons (Fsp3) is 0.901. The van der Waals surface area contributed by atoms with Crippen LogP contribution in [-0.2, 0) is 32.7 Å². The molecule has 0 amide bonds. The lowest BCUT2D eigenvalue weighted by atomic mass is 10.0. The first-order valence-corrected chi connectivity index (χ1v) is 42.0. The van der Waals surface area contributed by atoms with Crippen molar-refractivity contribution in [2.45, 2.75) is 444 Å². The van der Waals surface area contributed by atoms with Gasteiger partial charge >= 0.3 is 19.8 Å². The molecule has 0 bridgehead atoms. The first kappa shape index (κ1) is 89.2. The number of esters is 2. The van der Waals surface area contributed by atoms with Crippen molar-refractivity contribution in [3.05, 3.63) is 36.5 Å². The van der Waals surface area contributed by atoms with Crippen molar-refractivity contribution in [1.82, 2.24) is 0 Å². The summed E-state index contributed by atoms with van der Waals surface area (Å²) in [7, 11) is -4.39. The largest absolute Gasteiger partial charge is 0.472 e. The lowest BCUT2D eigenvalue weighted by Gasteiger charge is -2.19. The van der Waals surface area contributed by atoms with Gasteiger partial charge in [0.25, 0.3) is 0 Å². The number of carbonyl (C=O) groups is 2. The molecule has 0 aliphatic rings. The van der Waals surface area contributed by atoms with Gasteiger partial charge in [-0.25, -0.2) is 4.57 Å². The molecule has 0 saturated carbocycles. The van der Waals surface area contributed by atoms with Gasteiger partial charge in [0.2, 0.25) is 0 Å². The highest BCUT2D eigenvalue weighted by molar-refractivity contribution is 7.47. The topological polar surface area (TPSA) is 134 Å². The van der Waals surface area contributed by atoms with Crippen molar-refractivity contribution in [1.29, 1.82) is 0 Å². The molecular weight excluding hydrogens is 1150 g/mol. The van der Waals surface area contributed by atoms with Gasteiger partial charge in [-0.2, -0.15) is 0 Å². The molecule has 0 aromatic heterocycles. The van der Waals surface area contributed by atoms with Crippen LogP contribution in [0.2, 0.25) is 0 Å². The van der Waals surface area contributed by atoms with E-state index in [9.17, 15) is 19.0 Å². The molecule has 3 N–H and O–H groups in total. The van der Waals surface area contributed by atoms with Crippen LogP contribution in [-0.4, -0.2) is 49.3 Å². The zero-order chi connectivity index (χ0) is 65.8. The van der Waals surface area contributed by atoms with E-state index in [1.807, 2.05) is 0 Å². The number of rotatable bonds is 78. The number of allylic oxidation sites excluding steroid dienone is 6. The molecule has 2 unspecified atom stereocenters. The van der Waals surface area contributed by atoms with E-state index in [1.165, 1.54) is 366 Å². The second-order valence-corrected chi connectivity index (χ2v) is 29.1. The molecule has 2 atom stereocenters. The lowest BCUT2D eigenvalue weighted by Crippen LogP contribution is -2.29. The second kappa shape index (κ2) is 77.2. The summed E-state index contributed by atoms with van der Waals surface area (Å²) >= 11 is 0. The van der Waals surface area contributed by atoms with Gasteiger partial charge in [-0.15, -0.1) is 0 Å². The molecule has 538 valence electrons. The van der Waals surface area contributed by atoms with E-state index in [4.69, 9.17) is 24.3 Å². The number of phosphoric ester groups is 1. The van der Waals surface area contributed by atoms with E-state index in [0.29, 0.717) is 6.42 Å². The van der Waals surface area contributed by atoms with Crippen LogP contribution in [0.4, 0.5) is 0 Å². The van der Waals surface area contributed by atoms with Gasteiger partial charge in [-0.3, -0.25) is 18.6 Å². The van der Waals surface area contributed by atoms with Crippen molar-refractivity contribution in [2.24, 2.45) is 5.73 Å². The standard InChI is InChI=1S/C81H156NO8P/c1-3-5-7-9-11-13-15-17-19-21-23-25-27-29-31-33-34-35-36-37-38-39-40-41-42-43-44-46-48-50-52-54-56-58-60-62-64-66-68-70-72-74-81(84)90-79(78-89-91(85,86)88-76-75-82)77-87-80(83)73-71-69-67-65-63-61-59-57-55-53-51-49-47-45-32-30-28-26-24-22-20-18-16-14-12-10-8-6-4-2/h15,17,21-24,79H,3-14,16,18-20,25-78,82H2,1-2H3,(H,85,86)/b17-15-,23-21-,24-22-. The van der Waals surface area contributed by atoms with Gasteiger partial charge in [0.1, 0.15) is 6.61 Å². The Balaban J connectivity index is 3.72. The maximum Gasteiger partial charge on any atom is 0.472 e. The number of hydrogen-bond acceptors (Lipinski definition) is 8. The first-order valence-electron chi connectivity index (χ1n) is 40.5. The maximum atomic E-state index is 12.8. The number of carbonyl (C=O) groups excluding carboxylic acids is 2. The van der Waals surface area contributed by atoms with E-state index < -0.39 is 26.5 Å². The van der Waals surface area contributed by atoms with E-state index in [1.54, 1.807) is 0 Å². The molecular formula is C81H156NO8P. The van der Waals surface area contributed by atoms with Crippen molar-refractivity contribution >= 4 is 19.8 Å². The minimum absolute atomic E-state index is 0.0568. The van der Waals surface area contributed by atoms with Gasteiger partial charge in [-0.05, 0) is 70.6 Å². The summed E-state index contributed by atoms with van der Waals surface area (Å²) in [6.45, 7) is 3.82. The number of ether oxygens (including phenoxy) is 2. The van der Waals surface area contributed by atoms with Crippen LogP contribution >= 0.6 is 7.82 Å². The number of unbranched alkanes of at least 4 members (excludes halogenated alkanes) is 59. The molecule has 0 radical (unpaired) electrons. The highest BCUT2D eigenvalue weighted by Crippen LogP contribution is 2.43. The SMILES string of the molecule is CCCCCCC/C=C\C/C=C\CCCCCCCCCCCCCCCCCCCCCCCCCCCCCCCC(=O)OC(COC(=O)CCCCCCCCCCCCCCCCCCC/C=C\CCCCCCCCCC)COP(=O)(O)OCCN. The van der Waals surface area contributed by atoms with Crippen molar-refractivity contribution in [3.63, 3.8) is 0 Å². The molecule has 0 aromatic rings. The highest BCUT2D eigenvalue weighted by atomic mass is 31.2. The molecule has 0 rings (SSSR count). The molecule has 0 saturated heterocycles. The third-order valence-electron chi connectivity index (χ3n) is 18.5. The van der Waals surface area contributed by atoms with Crippen LogP contribution in [0.25, 0.3) is 0 Å². The molecule has 10 heteroatoms. The zero-order valence-corrected chi connectivity index (χ0v) is 61.8. The van der Waals surface area contributed by atoms with Crippen LogP contribution < -0.4 is 5.73 Å². The Morgan fingerprint density at radius 1 is 0.330 bits per heavy atom. The summed E-state index contributed by atoms with van der Waals surface area (Å²) in [6.07, 6.45) is 98.7. The fourth-order valence-corrected chi connectivity index (χ4v) is 13.3. The highest BCUT2D eigenvalue weighted by Gasteiger charge is 2.26. The Bertz CT molecular complexity index is 1590. The Hall–Kier alpha value is -1.77. The van der Waals surface area contributed by atoms with Gasteiger partial charge in [0.05, 0.1) is 13.2 Å². The Morgan fingerprint density at radius 3 is 0.846 bits per heavy atom. The van der Waals surface area contributed by atoms with Crippen LogP contribution in [0.3, 0.4) is 0 Å². The number of phosphoric acid groups is 1. The monoisotopic (exact) mass is 1300 g/mol. The van der Waals surface area contributed by atoms with Crippen LogP contribution in [0, 0.1) is 0 Å². The Kier molecular flexibility index (Phi) is 75.7. The summed E-state index contributed by atoms with van der Waals surface area (Å²) in [5.74, 6) is -0.800. The predicted molar refractivity (Wildman–Crippen MR) is 395 cm³/mol. The summed E-state index contributed by atoms with van der Waals surface area (Å²) in [5.41, 5.74) is 5.42. The van der Waals surface area contributed by atoms with Gasteiger partial charge in [0.15, 0.2) is 6.10 Å². The van der Waals surface area contributed by atoms with E-state index in [2.05, 4.69) is 50.3 Å². The van der Waals surface area contributed by atoms with Crippen LogP contribution in [0.1, 0.15) is 438 Å². The Labute approximate surface area is 566 Å². The second-order valence-electron chi connectivity index (χ2n) is 27.6. The molecule has 0 spiro atoms. The van der Waals surface area contributed by atoms with Gasteiger partial charge in [0, 0.05) is 19.4 Å². The van der Waals surface area contributed by atoms with Gasteiger partial charge in [-0.1, -0.05) is 391 Å². The molecule has 0 heterocycles. The minimum atomic E-state index is -4.39. The minimum Gasteiger partial charge on any atom is -0.462 e. The average Bonchev–Trinajstić information content (AvgIpc) is 3.74. The third-order valence-corrected chi connectivity index (χ3v) is 19.5. The summed E-state index contributed by atoms with van der Waals surface area (Å²) in [5, 5.41) is 0. The quantitative estimate of drug-likeness (QED) is 0.0264.